The van der Waals surface area contributed by atoms with Crippen LogP contribution in [0.4, 0.5) is 16.2 Å². The zero-order chi connectivity index (χ0) is 16.6. The molecule has 1 aromatic heterocycles. The van der Waals surface area contributed by atoms with Crippen molar-refractivity contribution in [1.29, 1.82) is 0 Å². The number of halogens is 1. The molecular formula is C19H23FN4. The van der Waals surface area contributed by atoms with Crippen molar-refractivity contribution in [3.8, 4) is 0 Å². The Balaban J connectivity index is 1.48. The summed E-state index contributed by atoms with van der Waals surface area (Å²) < 4.78 is 12.9. The van der Waals surface area contributed by atoms with Crippen LogP contribution in [0.5, 0.6) is 0 Å². The SMILES string of the molecule is Fc1ccc(CNc2nccc(NCCC3=CCCCC3)n2)cc1. The van der Waals surface area contributed by atoms with Crippen molar-refractivity contribution in [3.63, 3.8) is 0 Å². The van der Waals surface area contributed by atoms with E-state index < -0.39 is 0 Å². The monoisotopic (exact) mass is 326 g/mol. The molecule has 2 N–H and O–H groups in total. The molecule has 0 amide bonds. The van der Waals surface area contributed by atoms with Gasteiger partial charge < -0.3 is 10.6 Å². The highest BCUT2D eigenvalue weighted by Crippen LogP contribution is 2.20. The molecule has 0 spiro atoms. The minimum absolute atomic E-state index is 0.228. The lowest BCUT2D eigenvalue weighted by molar-refractivity contribution is 0.627. The summed E-state index contributed by atoms with van der Waals surface area (Å²) in [5, 5.41) is 6.52. The summed E-state index contributed by atoms with van der Waals surface area (Å²) in [5.74, 6) is 1.17. The third-order valence-electron chi connectivity index (χ3n) is 4.16. The molecule has 0 bridgehead atoms. The normalized spacial score (nSPS) is 14.1. The van der Waals surface area contributed by atoms with Gasteiger partial charge in [0, 0.05) is 19.3 Å². The summed E-state index contributed by atoms with van der Waals surface area (Å²) in [6, 6.07) is 8.29. The van der Waals surface area contributed by atoms with Crippen LogP contribution in [0, 0.1) is 5.82 Å². The number of anilines is 2. The Morgan fingerprint density at radius 3 is 2.71 bits per heavy atom. The van der Waals surface area contributed by atoms with E-state index >= 15 is 0 Å². The maximum Gasteiger partial charge on any atom is 0.224 e. The molecule has 0 fully saturated rings. The maximum atomic E-state index is 12.9. The van der Waals surface area contributed by atoms with Gasteiger partial charge in [-0.3, -0.25) is 0 Å². The van der Waals surface area contributed by atoms with E-state index in [1.165, 1.54) is 37.8 Å². The zero-order valence-electron chi connectivity index (χ0n) is 13.8. The first kappa shape index (κ1) is 16.4. The van der Waals surface area contributed by atoms with E-state index in [9.17, 15) is 4.39 Å². The number of aromatic nitrogens is 2. The summed E-state index contributed by atoms with van der Waals surface area (Å²) >= 11 is 0. The predicted molar refractivity (Wildman–Crippen MR) is 95.4 cm³/mol. The number of allylic oxidation sites excluding steroid dienone is 1. The van der Waals surface area contributed by atoms with Crippen LogP contribution in [0.15, 0.2) is 48.2 Å². The molecule has 0 atom stereocenters. The van der Waals surface area contributed by atoms with Crippen LogP contribution in [0.3, 0.4) is 0 Å². The number of hydrogen-bond donors (Lipinski definition) is 2. The average molecular weight is 326 g/mol. The first-order valence-corrected chi connectivity index (χ1v) is 8.53. The molecule has 0 radical (unpaired) electrons. The first-order chi connectivity index (χ1) is 11.8. The van der Waals surface area contributed by atoms with Gasteiger partial charge in [0.2, 0.25) is 5.95 Å². The van der Waals surface area contributed by atoms with Gasteiger partial charge in [-0.25, -0.2) is 9.37 Å². The Morgan fingerprint density at radius 1 is 1.04 bits per heavy atom. The lowest BCUT2D eigenvalue weighted by Gasteiger charge is -2.13. The molecule has 1 aliphatic rings. The van der Waals surface area contributed by atoms with Gasteiger partial charge in [-0.15, -0.1) is 0 Å². The lowest BCUT2D eigenvalue weighted by Crippen LogP contribution is -2.08. The van der Waals surface area contributed by atoms with Gasteiger partial charge in [-0.1, -0.05) is 23.8 Å². The fourth-order valence-corrected chi connectivity index (χ4v) is 2.81. The van der Waals surface area contributed by atoms with E-state index in [0.717, 1.165) is 24.3 Å². The second-order valence-corrected chi connectivity index (χ2v) is 6.03. The van der Waals surface area contributed by atoms with Crippen molar-refractivity contribution in [2.24, 2.45) is 0 Å². The first-order valence-electron chi connectivity index (χ1n) is 8.53. The summed E-state index contributed by atoms with van der Waals surface area (Å²) in [6.45, 7) is 1.46. The molecule has 1 aliphatic carbocycles. The molecule has 0 saturated heterocycles. The van der Waals surface area contributed by atoms with Gasteiger partial charge in [-0.05, 0) is 55.9 Å². The van der Waals surface area contributed by atoms with Crippen molar-refractivity contribution in [1.82, 2.24) is 9.97 Å². The highest BCUT2D eigenvalue weighted by atomic mass is 19.1. The molecule has 126 valence electrons. The molecule has 5 heteroatoms. The van der Waals surface area contributed by atoms with E-state index in [4.69, 9.17) is 0 Å². The topological polar surface area (TPSA) is 49.8 Å². The molecule has 0 unspecified atom stereocenters. The second kappa shape index (κ2) is 8.43. The van der Waals surface area contributed by atoms with Crippen molar-refractivity contribution in [2.45, 2.75) is 38.6 Å². The van der Waals surface area contributed by atoms with Gasteiger partial charge in [0.1, 0.15) is 11.6 Å². The van der Waals surface area contributed by atoms with Crippen molar-refractivity contribution >= 4 is 11.8 Å². The van der Waals surface area contributed by atoms with Crippen molar-refractivity contribution in [3.05, 3.63) is 59.6 Å². The van der Waals surface area contributed by atoms with Gasteiger partial charge in [0.15, 0.2) is 0 Å². The number of nitrogens with zero attached hydrogens (tertiary/aromatic N) is 2. The van der Waals surface area contributed by atoms with Crippen LogP contribution in [-0.2, 0) is 6.54 Å². The fraction of sp³-hybridized carbons (Fsp3) is 0.368. The van der Waals surface area contributed by atoms with Crippen LogP contribution in [0.1, 0.15) is 37.7 Å². The summed E-state index contributed by atoms with van der Waals surface area (Å²) in [7, 11) is 0. The Morgan fingerprint density at radius 2 is 1.92 bits per heavy atom. The Hall–Kier alpha value is -2.43. The molecule has 2 aromatic rings. The number of benzene rings is 1. The van der Waals surface area contributed by atoms with Crippen LogP contribution < -0.4 is 10.6 Å². The largest absolute Gasteiger partial charge is 0.370 e. The maximum absolute atomic E-state index is 12.9. The quantitative estimate of drug-likeness (QED) is 0.734. The molecule has 4 nitrogen and oxygen atoms in total. The number of hydrogen-bond acceptors (Lipinski definition) is 4. The van der Waals surface area contributed by atoms with Gasteiger partial charge >= 0.3 is 0 Å². The smallest absolute Gasteiger partial charge is 0.224 e. The van der Waals surface area contributed by atoms with Crippen LogP contribution in [0.25, 0.3) is 0 Å². The molecule has 1 aromatic carbocycles. The lowest BCUT2D eigenvalue weighted by atomic mass is 9.97. The molecule has 3 rings (SSSR count). The van der Waals surface area contributed by atoms with E-state index in [1.807, 2.05) is 6.07 Å². The van der Waals surface area contributed by atoms with Gasteiger partial charge in [0.05, 0.1) is 0 Å². The summed E-state index contributed by atoms with van der Waals surface area (Å²) in [4.78, 5) is 8.68. The highest BCUT2D eigenvalue weighted by molar-refractivity contribution is 5.40. The third-order valence-corrected chi connectivity index (χ3v) is 4.16. The molecule has 1 heterocycles. The average Bonchev–Trinajstić information content (AvgIpc) is 2.63. The van der Waals surface area contributed by atoms with E-state index in [1.54, 1.807) is 23.9 Å². The van der Waals surface area contributed by atoms with Crippen molar-refractivity contribution in [2.75, 3.05) is 17.2 Å². The standard InChI is InChI=1S/C19H23FN4/c20-17-8-6-16(7-9-17)14-23-19-22-13-11-18(24-19)21-12-10-15-4-2-1-3-5-15/h4,6-9,11,13H,1-3,5,10,12,14H2,(H2,21,22,23,24). The zero-order valence-corrected chi connectivity index (χ0v) is 13.8. The molecule has 24 heavy (non-hydrogen) atoms. The Kier molecular flexibility index (Phi) is 5.77. The minimum atomic E-state index is -0.228. The summed E-state index contributed by atoms with van der Waals surface area (Å²) in [5.41, 5.74) is 2.54. The second-order valence-electron chi connectivity index (χ2n) is 6.03. The van der Waals surface area contributed by atoms with Gasteiger partial charge in [0.25, 0.3) is 0 Å². The van der Waals surface area contributed by atoms with Crippen LogP contribution in [0.2, 0.25) is 0 Å². The van der Waals surface area contributed by atoms with Gasteiger partial charge in [-0.2, -0.15) is 4.98 Å². The van der Waals surface area contributed by atoms with Crippen LogP contribution in [-0.4, -0.2) is 16.5 Å². The number of rotatable bonds is 7. The van der Waals surface area contributed by atoms with E-state index in [-0.39, 0.29) is 5.82 Å². The molecular weight excluding hydrogens is 303 g/mol. The molecule has 0 saturated carbocycles. The predicted octanol–water partition coefficient (Wildman–Crippen LogP) is 4.53. The third kappa shape index (κ3) is 5.05. The van der Waals surface area contributed by atoms with Crippen molar-refractivity contribution < 1.29 is 4.39 Å². The highest BCUT2D eigenvalue weighted by Gasteiger charge is 2.04. The Labute approximate surface area is 142 Å². The summed E-state index contributed by atoms with van der Waals surface area (Å²) in [6.07, 6.45) is 10.3. The van der Waals surface area contributed by atoms with E-state index in [0.29, 0.717) is 12.5 Å². The number of nitrogens with one attached hydrogen (secondary N) is 2. The fourth-order valence-electron chi connectivity index (χ4n) is 2.81. The van der Waals surface area contributed by atoms with E-state index in [2.05, 4.69) is 26.7 Å². The minimum Gasteiger partial charge on any atom is -0.370 e. The molecule has 0 aliphatic heterocycles. The Bertz CT molecular complexity index is 682. The van der Waals surface area contributed by atoms with Crippen LogP contribution >= 0.6 is 0 Å².